The van der Waals surface area contributed by atoms with Crippen LogP contribution in [-0.4, -0.2) is 51.6 Å². The number of carbonyl (C=O) groups is 1. The summed E-state index contributed by atoms with van der Waals surface area (Å²) in [5.74, 6) is -0.335. The Hall–Kier alpha value is -0.860. The number of carbonyl (C=O) groups excluding carboxylic acids is 1. The molecule has 0 aromatic heterocycles. The van der Waals surface area contributed by atoms with Crippen LogP contribution in [0.5, 0.6) is 0 Å². The number of amides is 1. The summed E-state index contributed by atoms with van der Waals surface area (Å²) in [6.45, 7) is -1.28. The molecule has 0 rings (SSSR count). The highest BCUT2D eigenvalue weighted by atomic mass is 19.4. The van der Waals surface area contributed by atoms with Crippen molar-refractivity contribution in [3.8, 4) is 0 Å². The molecule has 1 amide bonds. The van der Waals surface area contributed by atoms with Crippen LogP contribution in [0.15, 0.2) is 0 Å². The van der Waals surface area contributed by atoms with Gasteiger partial charge in [0.25, 0.3) is 0 Å². The average molecular weight is 258 g/mol. The van der Waals surface area contributed by atoms with Gasteiger partial charge in [-0.2, -0.15) is 13.2 Å². The summed E-state index contributed by atoms with van der Waals surface area (Å²) in [6.07, 6.45) is -4.65. The number of hydrogen-bond donors (Lipinski definition) is 2. The van der Waals surface area contributed by atoms with Crippen molar-refractivity contribution in [2.24, 2.45) is 5.73 Å². The Morgan fingerprint density at radius 2 is 2.12 bits per heavy atom. The summed E-state index contributed by atoms with van der Waals surface area (Å²) in [7, 11) is 1.43. The first-order chi connectivity index (χ1) is 7.89. The lowest BCUT2D eigenvalue weighted by Crippen LogP contribution is -2.34. The quantitative estimate of drug-likeness (QED) is 0.603. The zero-order chi connectivity index (χ0) is 13.3. The smallest absolute Gasteiger partial charge is 0.380 e. The molecule has 0 fully saturated rings. The molecule has 3 N–H and O–H groups in total. The predicted molar refractivity (Wildman–Crippen MR) is 54.4 cm³/mol. The Labute approximate surface area is 97.4 Å². The molecule has 0 spiro atoms. The highest BCUT2D eigenvalue weighted by Crippen LogP contribution is 2.13. The van der Waals surface area contributed by atoms with Gasteiger partial charge in [-0.1, -0.05) is 0 Å². The Morgan fingerprint density at radius 1 is 1.47 bits per heavy atom. The third kappa shape index (κ3) is 10.0. The number of methoxy groups -OCH3 is 1. The van der Waals surface area contributed by atoms with E-state index in [9.17, 15) is 18.0 Å². The number of ether oxygens (including phenoxy) is 2. The molecule has 0 radical (unpaired) electrons. The van der Waals surface area contributed by atoms with E-state index in [-0.39, 0.29) is 38.1 Å². The lowest BCUT2D eigenvalue weighted by atomic mass is 10.2. The van der Waals surface area contributed by atoms with Crippen LogP contribution >= 0.6 is 0 Å². The van der Waals surface area contributed by atoms with Crippen molar-refractivity contribution in [3.05, 3.63) is 0 Å². The minimum Gasteiger partial charge on any atom is -0.380 e. The molecule has 0 aromatic rings. The van der Waals surface area contributed by atoms with Crippen molar-refractivity contribution in [1.82, 2.24) is 5.32 Å². The second-order valence-electron chi connectivity index (χ2n) is 3.32. The van der Waals surface area contributed by atoms with E-state index >= 15 is 0 Å². The van der Waals surface area contributed by atoms with E-state index in [4.69, 9.17) is 10.5 Å². The number of halogens is 3. The number of alkyl halides is 3. The summed E-state index contributed by atoms with van der Waals surface area (Å²) >= 11 is 0. The summed E-state index contributed by atoms with van der Waals surface area (Å²) in [6, 6.07) is 0. The van der Waals surface area contributed by atoms with Crippen molar-refractivity contribution >= 4 is 5.91 Å². The largest absolute Gasteiger partial charge is 0.411 e. The predicted octanol–water partition coefficient (Wildman–Crippen LogP) is 0.0453. The highest BCUT2D eigenvalue weighted by Gasteiger charge is 2.27. The monoisotopic (exact) mass is 258 g/mol. The van der Waals surface area contributed by atoms with E-state index in [1.807, 2.05) is 0 Å². The fourth-order valence-corrected chi connectivity index (χ4v) is 0.992. The Balaban J connectivity index is 3.52. The van der Waals surface area contributed by atoms with Gasteiger partial charge < -0.3 is 20.5 Å². The van der Waals surface area contributed by atoms with Crippen LogP contribution in [0.1, 0.15) is 6.42 Å². The van der Waals surface area contributed by atoms with Crippen molar-refractivity contribution in [3.63, 3.8) is 0 Å². The van der Waals surface area contributed by atoms with Crippen LogP contribution in [-0.2, 0) is 14.3 Å². The number of hydrogen-bond acceptors (Lipinski definition) is 4. The molecule has 0 bridgehead atoms. The zero-order valence-electron chi connectivity index (χ0n) is 9.55. The van der Waals surface area contributed by atoms with E-state index in [2.05, 4.69) is 10.1 Å². The summed E-state index contributed by atoms with van der Waals surface area (Å²) in [5.41, 5.74) is 5.30. The molecule has 0 aromatic carbocycles. The second kappa shape index (κ2) is 8.26. The first-order valence-corrected chi connectivity index (χ1v) is 5.03. The topological polar surface area (TPSA) is 73.6 Å². The molecule has 1 unspecified atom stereocenters. The maximum absolute atomic E-state index is 11.7. The van der Waals surface area contributed by atoms with E-state index < -0.39 is 12.8 Å². The molecule has 17 heavy (non-hydrogen) atoms. The first kappa shape index (κ1) is 16.1. The van der Waals surface area contributed by atoms with Crippen LogP contribution < -0.4 is 11.1 Å². The van der Waals surface area contributed by atoms with Crippen LogP contribution in [0, 0.1) is 0 Å². The molecule has 0 saturated carbocycles. The van der Waals surface area contributed by atoms with Gasteiger partial charge in [0.15, 0.2) is 0 Å². The molecule has 0 aliphatic heterocycles. The van der Waals surface area contributed by atoms with Gasteiger partial charge >= 0.3 is 6.18 Å². The lowest BCUT2D eigenvalue weighted by molar-refractivity contribution is -0.173. The molecule has 8 heteroatoms. The lowest BCUT2D eigenvalue weighted by Gasteiger charge is -2.12. The number of nitrogens with one attached hydrogen (secondary N) is 1. The van der Waals surface area contributed by atoms with Gasteiger partial charge in [-0.3, -0.25) is 4.79 Å². The van der Waals surface area contributed by atoms with Gasteiger partial charge in [0.1, 0.15) is 6.61 Å². The van der Waals surface area contributed by atoms with Crippen LogP contribution in [0.25, 0.3) is 0 Å². The third-order valence-corrected chi connectivity index (χ3v) is 1.84. The van der Waals surface area contributed by atoms with Crippen molar-refractivity contribution < 1.29 is 27.4 Å². The van der Waals surface area contributed by atoms with E-state index in [1.54, 1.807) is 0 Å². The average Bonchev–Trinajstić information content (AvgIpc) is 2.23. The number of nitrogens with two attached hydrogens (primary N) is 1. The van der Waals surface area contributed by atoms with Crippen molar-refractivity contribution in [2.45, 2.75) is 18.7 Å². The molecule has 0 saturated heterocycles. The molecule has 0 aliphatic rings. The molecule has 102 valence electrons. The first-order valence-electron chi connectivity index (χ1n) is 5.03. The number of rotatable bonds is 8. The Morgan fingerprint density at radius 3 is 2.59 bits per heavy atom. The molecule has 5 nitrogen and oxygen atoms in total. The van der Waals surface area contributed by atoms with Crippen molar-refractivity contribution in [1.29, 1.82) is 0 Å². The summed E-state index contributed by atoms with van der Waals surface area (Å²) in [5, 5.41) is 2.40. The molecule has 0 heterocycles. The molecular formula is C9H17F3N2O3. The van der Waals surface area contributed by atoms with Gasteiger partial charge in [0, 0.05) is 20.2 Å². The zero-order valence-corrected chi connectivity index (χ0v) is 9.55. The SMILES string of the molecule is COC(CN)CC(=O)NCCOCC(F)(F)F. The van der Waals surface area contributed by atoms with Gasteiger partial charge in [-0.25, -0.2) is 0 Å². The maximum atomic E-state index is 11.7. The van der Waals surface area contributed by atoms with Gasteiger partial charge in [0.2, 0.25) is 5.91 Å². The normalized spacial score (nSPS) is 13.5. The Kier molecular flexibility index (Phi) is 7.85. The minimum atomic E-state index is -4.34. The van der Waals surface area contributed by atoms with E-state index in [0.29, 0.717) is 0 Å². The van der Waals surface area contributed by atoms with E-state index in [0.717, 1.165) is 0 Å². The van der Waals surface area contributed by atoms with E-state index in [1.165, 1.54) is 7.11 Å². The van der Waals surface area contributed by atoms with Gasteiger partial charge in [-0.15, -0.1) is 0 Å². The molecule has 1 atom stereocenters. The summed E-state index contributed by atoms with van der Waals surface area (Å²) in [4.78, 5) is 11.2. The highest BCUT2D eigenvalue weighted by molar-refractivity contribution is 5.76. The molecule has 0 aliphatic carbocycles. The maximum Gasteiger partial charge on any atom is 0.411 e. The van der Waals surface area contributed by atoms with Crippen molar-refractivity contribution in [2.75, 3.05) is 33.4 Å². The van der Waals surface area contributed by atoms with Gasteiger partial charge in [0.05, 0.1) is 19.1 Å². The standard InChI is InChI=1S/C9H17F3N2O3/c1-16-7(5-13)4-8(15)14-2-3-17-6-9(10,11)12/h7H,2-6,13H2,1H3,(H,14,15). The fourth-order valence-electron chi connectivity index (χ4n) is 0.992. The van der Waals surface area contributed by atoms with Crippen LogP contribution in [0.3, 0.4) is 0 Å². The molecular weight excluding hydrogens is 241 g/mol. The second-order valence-corrected chi connectivity index (χ2v) is 3.32. The van der Waals surface area contributed by atoms with Gasteiger partial charge in [-0.05, 0) is 0 Å². The van der Waals surface area contributed by atoms with Crippen LogP contribution in [0.2, 0.25) is 0 Å². The Bertz CT molecular complexity index is 220. The minimum absolute atomic E-state index is 0.0237. The summed E-state index contributed by atoms with van der Waals surface area (Å²) < 4.78 is 44.2. The van der Waals surface area contributed by atoms with Crippen LogP contribution in [0.4, 0.5) is 13.2 Å². The third-order valence-electron chi connectivity index (χ3n) is 1.84. The fraction of sp³-hybridized carbons (Fsp3) is 0.889.